The molecule has 0 unspecified atom stereocenters. The minimum Gasteiger partial charge on any atom is -0.312 e. The van der Waals surface area contributed by atoms with Crippen molar-refractivity contribution in [3.05, 3.63) is 35.4 Å². The van der Waals surface area contributed by atoms with Crippen LogP contribution < -0.4 is 5.32 Å². The van der Waals surface area contributed by atoms with Crippen molar-refractivity contribution in [1.29, 1.82) is 0 Å². The van der Waals surface area contributed by atoms with E-state index in [1.165, 1.54) is 12.1 Å². The van der Waals surface area contributed by atoms with Gasteiger partial charge in [-0.05, 0) is 31.5 Å². The van der Waals surface area contributed by atoms with Crippen molar-refractivity contribution in [2.24, 2.45) is 0 Å². The summed E-state index contributed by atoms with van der Waals surface area (Å²) in [5, 5.41) is 2.49. The molecule has 0 aliphatic rings. The molecule has 0 aliphatic carbocycles. The Balaban J connectivity index is 2.44. The van der Waals surface area contributed by atoms with Gasteiger partial charge in [0.2, 0.25) is 0 Å². The van der Waals surface area contributed by atoms with Crippen molar-refractivity contribution in [2.75, 3.05) is 12.3 Å². The van der Waals surface area contributed by atoms with Gasteiger partial charge in [0.15, 0.2) is 9.84 Å². The van der Waals surface area contributed by atoms with Crippen molar-refractivity contribution in [3.63, 3.8) is 0 Å². The van der Waals surface area contributed by atoms with Crippen LogP contribution in [0.3, 0.4) is 0 Å². The van der Waals surface area contributed by atoms with Gasteiger partial charge in [0, 0.05) is 13.1 Å². The summed E-state index contributed by atoms with van der Waals surface area (Å²) in [7, 11) is -3.09. The fourth-order valence-electron chi connectivity index (χ4n) is 1.49. The van der Waals surface area contributed by atoms with Gasteiger partial charge >= 0.3 is 6.18 Å². The van der Waals surface area contributed by atoms with E-state index >= 15 is 0 Å². The van der Waals surface area contributed by atoms with E-state index in [2.05, 4.69) is 5.32 Å². The molecule has 0 atom stereocenters. The van der Waals surface area contributed by atoms with E-state index in [-0.39, 0.29) is 12.3 Å². The maximum absolute atomic E-state index is 12.4. The van der Waals surface area contributed by atoms with Crippen molar-refractivity contribution in [2.45, 2.75) is 31.8 Å². The van der Waals surface area contributed by atoms with E-state index in [1.54, 1.807) is 13.8 Å². The first-order valence-electron chi connectivity index (χ1n) is 6.21. The second kappa shape index (κ2) is 6.58. The highest BCUT2D eigenvalue weighted by Crippen LogP contribution is 2.28. The van der Waals surface area contributed by atoms with Gasteiger partial charge in [-0.2, -0.15) is 13.2 Å². The standard InChI is InChI=1S/C13H18F3NO2S/c1-10(2)20(18,19)8-7-17-9-11-3-5-12(6-4-11)13(14,15)16/h3-6,10,17H,7-9H2,1-2H3. The Morgan fingerprint density at radius 2 is 1.70 bits per heavy atom. The van der Waals surface area contributed by atoms with E-state index < -0.39 is 26.8 Å². The molecule has 7 heteroatoms. The molecular weight excluding hydrogens is 291 g/mol. The van der Waals surface area contributed by atoms with Crippen LogP contribution in [0.5, 0.6) is 0 Å². The molecule has 0 amide bonds. The Labute approximate surface area is 117 Å². The lowest BCUT2D eigenvalue weighted by atomic mass is 10.1. The van der Waals surface area contributed by atoms with Gasteiger partial charge in [0.05, 0.1) is 16.6 Å². The van der Waals surface area contributed by atoms with E-state index in [1.807, 2.05) is 0 Å². The molecule has 0 saturated carbocycles. The number of nitrogens with one attached hydrogen (secondary N) is 1. The second-order valence-corrected chi connectivity index (χ2v) is 7.46. The van der Waals surface area contributed by atoms with Gasteiger partial charge < -0.3 is 5.32 Å². The fraction of sp³-hybridized carbons (Fsp3) is 0.538. The molecular formula is C13H18F3NO2S. The fourth-order valence-corrected chi connectivity index (χ4v) is 2.39. The average molecular weight is 309 g/mol. The largest absolute Gasteiger partial charge is 0.416 e. The highest BCUT2D eigenvalue weighted by molar-refractivity contribution is 7.92. The van der Waals surface area contributed by atoms with Gasteiger partial charge in [0.25, 0.3) is 0 Å². The molecule has 0 radical (unpaired) electrons. The zero-order chi connectivity index (χ0) is 15.4. The maximum atomic E-state index is 12.4. The zero-order valence-corrected chi connectivity index (χ0v) is 12.2. The third kappa shape index (κ3) is 5.13. The van der Waals surface area contributed by atoms with Gasteiger partial charge in [-0.1, -0.05) is 12.1 Å². The number of hydrogen-bond acceptors (Lipinski definition) is 3. The van der Waals surface area contributed by atoms with Crippen LogP contribution in [0.25, 0.3) is 0 Å². The number of benzene rings is 1. The van der Waals surface area contributed by atoms with Crippen LogP contribution in [0.2, 0.25) is 0 Å². The molecule has 20 heavy (non-hydrogen) atoms. The quantitative estimate of drug-likeness (QED) is 0.822. The summed E-state index contributed by atoms with van der Waals surface area (Å²) in [5.74, 6) is 0.0191. The summed E-state index contributed by atoms with van der Waals surface area (Å²) in [6.07, 6.45) is -4.34. The Hall–Kier alpha value is -1.08. The van der Waals surface area contributed by atoms with E-state index in [0.717, 1.165) is 12.1 Å². The lowest BCUT2D eigenvalue weighted by molar-refractivity contribution is -0.137. The highest BCUT2D eigenvalue weighted by Gasteiger charge is 2.29. The Bertz CT molecular complexity index is 522. The summed E-state index contributed by atoms with van der Waals surface area (Å²) in [4.78, 5) is 0. The summed E-state index contributed by atoms with van der Waals surface area (Å²) < 4.78 is 60.1. The zero-order valence-electron chi connectivity index (χ0n) is 11.4. The molecule has 0 aliphatic heterocycles. The molecule has 1 N–H and O–H groups in total. The van der Waals surface area contributed by atoms with E-state index in [9.17, 15) is 21.6 Å². The van der Waals surface area contributed by atoms with E-state index in [0.29, 0.717) is 12.1 Å². The van der Waals surface area contributed by atoms with Crippen LogP contribution in [-0.4, -0.2) is 26.0 Å². The Morgan fingerprint density at radius 3 is 2.15 bits per heavy atom. The summed E-state index contributed by atoms with van der Waals surface area (Å²) in [6, 6.07) is 4.79. The molecule has 1 rings (SSSR count). The van der Waals surface area contributed by atoms with Crippen LogP contribution in [0.15, 0.2) is 24.3 Å². The average Bonchev–Trinajstić information content (AvgIpc) is 2.34. The van der Waals surface area contributed by atoms with Crippen molar-refractivity contribution < 1.29 is 21.6 Å². The Kier molecular flexibility index (Phi) is 5.59. The molecule has 0 aromatic heterocycles. The first kappa shape index (κ1) is 17.0. The molecule has 3 nitrogen and oxygen atoms in total. The van der Waals surface area contributed by atoms with Crippen LogP contribution in [0.4, 0.5) is 13.2 Å². The van der Waals surface area contributed by atoms with Crippen molar-refractivity contribution in [1.82, 2.24) is 5.32 Å². The SMILES string of the molecule is CC(C)S(=O)(=O)CCNCc1ccc(C(F)(F)F)cc1. The van der Waals surface area contributed by atoms with Gasteiger partial charge in [0.1, 0.15) is 0 Å². The predicted octanol–water partition coefficient (Wildman–Crippen LogP) is 2.62. The van der Waals surface area contributed by atoms with Crippen molar-refractivity contribution in [3.8, 4) is 0 Å². The molecule has 0 spiro atoms. The normalized spacial score (nSPS) is 12.9. The maximum Gasteiger partial charge on any atom is 0.416 e. The second-order valence-electron chi connectivity index (χ2n) is 4.79. The minimum atomic E-state index is -4.34. The molecule has 0 fully saturated rings. The third-order valence-electron chi connectivity index (χ3n) is 2.89. The number of rotatable bonds is 6. The number of halogens is 3. The number of alkyl halides is 3. The third-order valence-corrected chi connectivity index (χ3v) is 5.10. The van der Waals surface area contributed by atoms with Gasteiger partial charge in [-0.3, -0.25) is 0 Å². The predicted molar refractivity (Wildman–Crippen MR) is 72.1 cm³/mol. The first-order chi connectivity index (χ1) is 9.13. The summed E-state index contributed by atoms with van der Waals surface area (Å²) in [6.45, 7) is 3.85. The van der Waals surface area contributed by atoms with Gasteiger partial charge in [-0.15, -0.1) is 0 Å². The highest BCUT2D eigenvalue weighted by atomic mass is 32.2. The molecule has 0 bridgehead atoms. The molecule has 114 valence electrons. The van der Waals surface area contributed by atoms with E-state index in [4.69, 9.17) is 0 Å². The van der Waals surface area contributed by atoms with Crippen LogP contribution >= 0.6 is 0 Å². The molecule has 0 saturated heterocycles. The topological polar surface area (TPSA) is 46.2 Å². The minimum absolute atomic E-state index is 0.0191. The van der Waals surface area contributed by atoms with Gasteiger partial charge in [-0.25, -0.2) is 8.42 Å². The van der Waals surface area contributed by atoms with Crippen molar-refractivity contribution >= 4 is 9.84 Å². The number of hydrogen-bond donors (Lipinski definition) is 1. The van der Waals surface area contributed by atoms with Crippen LogP contribution in [0.1, 0.15) is 25.0 Å². The number of sulfone groups is 1. The Morgan fingerprint density at radius 1 is 1.15 bits per heavy atom. The molecule has 0 heterocycles. The summed E-state index contributed by atoms with van der Waals surface area (Å²) in [5.41, 5.74) is -0.0106. The smallest absolute Gasteiger partial charge is 0.312 e. The monoisotopic (exact) mass is 309 g/mol. The van der Waals surface area contributed by atoms with Crippen LogP contribution in [-0.2, 0) is 22.6 Å². The molecule has 1 aromatic carbocycles. The lowest BCUT2D eigenvalue weighted by Crippen LogP contribution is -2.27. The van der Waals surface area contributed by atoms with Crippen LogP contribution in [0, 0.1) is 0 Å². The first-order valence-corrected chi connectivity index (χ1v) is 7.93. The summed E-state index contributed by atoms with van der Waals surface area (Å²) >= 11 is 0. The lowest BCUT2D eigenvalue weighted by Gasteiger charge is -2.10. The molecule has 1 aromatic rings.